The molecule has 29 heavy (non-hydrogen) atoms. The number of methoxy groups -OCH3 is 1. The van der Waals surface area contributed by atoms with Crippen LogP contribution in [-0.2, 0) is 10.0 Å². The van der Waals surface area contributed by atoms with E-state index in [0.717, 1.165) is 27.8 Å². The first kappa shape index (κ1) is 23.3. The van der Waals surface area contributed by atoms with E-state index >= 15 is 0 Å². The van der Waals surface area contributed by atoms with Gasteiger partial charge in [-0.1, -0.05) is 38.1 Å². The molecule has 156 valence electrons. The van der Waals surface area contributed by atoms with Gasteiger partial charge in [-0.25, -0.2) is 13.4 Å². The molecular formula is C20H24BrN3O3S2. The van der Waals surface area contributed by atoms with Crippen LogP contribution >= 0.6 is 28.3 Å². The third-order valence-electron chi connectivity index (χ3n) is 4.35. The molecule has 3 rings (SSSR count). The minimum Gasteiger partial charge on any atom is -0.495 e. The van der Waals surface area contributed by atoms with Crippen molar-refractivity contribution in [1.29, 1.82) is 0 Å². The van der Waals surface area contributed by atoms with Crippen molar-refractivity contribution in [3.63, 3.8) is 0 Å². The second-order valence-electron chi connectivity index (χ2n) is 5.98. The predicted molar refractivity (Wildman–Crippen MR) is 124 cm³/mol. The Bertz CT molecular complexity index is 1030. The topological polar surface area (TPSA) is 71.5 Å². The van der Waals surface area contributed by atoms with Gasteiger partial charge in [0, 0.05) is 24.0 Å². The SMILES string of the molecule is Br.CCN(CC)S(=O)(=O)c1ccc(-c2csc(Nc3ccccc3OC)n2)cc1. The molecule has 0 saturated carbocycles. The van der Waals surface area contributed by atoms with E-state index in [1.54, 1.807) is 31.4 Å². The lowest BCUT2D eigenvalue weighted by atomic mass is 10.2. The number of hydrogen-bond donors (Lipinski definition) is 1. The summed E-state index contributed by atoms with van der Waals surface area (Å²) in [5, 5.41) is 5.93. The Kier molecular flexibility index (Phi) is 8.21. The average Bonchev–Trinajstić information content (AvgIpc) is 3.18. The number of nitrogens with one attached hydrogen (secondary N) is 1. The number of nitrogens with zero attached hydrogens (tertiary/aromatic N) is 2. The lowest BCUT2D eigenvalue weighted by Gasteiger charge is -2.18. The Balaban J connectivity index is 0.00000300. The van der Waals surface area contributed by atoms with Gasteiger partial charge in [-0.3, -0.25) is 0 Å². The van der Waals surface area contributed by atoms with Crippen LogP contribution in [0, 0.1) is 0 Å². The monoisotopic (exact) mass is 497 g/mol. The van der Waals surface area contributed by atoms with E-state index < -0.39 is 10.0 Å². The highest BCUT2D eigenvalue weighted by Gasteiger charge is 2.21. The van der Waals surface area contributed by atoms with E-state index in [-0.39, 0.29) is 17.0 Å². The first-order chi connectivity index (χ1) is 13.5. The predicted octanol–water partition coefficient (Wildman–Crippen LogP) is 5.17. The number of anilines is 2. The maximum Gasteiger partial charge on any atom is 0.243 e. The summed E-state index contributed by atoms with van der Waals surface area (Å²) in [5.41, 5.74) is 2.49. The van der Waals surface area contributed by atoms with E-state index in [2.05, 4.69) is 10.3 Å². The first-order valence-corrected chi connectivity index (χ1v) is 11.3. The molecule has 0 fully saturated rings. The number of benzene rings is 2. The van der Waals surface area contributed by atoms with Gasteiger partial charge >= 0.3 is 0 Å². The van der Waals surface area contributed by atoms with Crippen LogP contribution in [0.3, 0.4) is 0 Å². The lowest BCUT2D eigenvalue weighted by Crippen LogP contribution is -2.30. The van der Waals surface area contributed by atoms with Crippen LogP contribution in [0.2, 0.25) is 0 Å². The molecule has 2 aromatic carbocycles. The molecule has 1 heterocycles. The minimum atomic E-state index is -3.45. The zero-order chi connectivity index (χ0) is 20.1. The van der Waals surface area contributed by atoms with Crippen molar-refractivity contribution < 1.29 is 13.2 Å². The number of para-hydroxylation sites is 2. The van der Waals surface area contributed by atoms with Crippen molar-refractivity contribution in [3.8, 4) is 17.0 Å². The highest BCUT2D eigenvalue weighted by atomic mass is 79.9. The van der Waals surface area contributed by atoms with Crippen LogP contribution in [0.1, 0.15) is 13.8 Å². The molecular weight excluding hydrogens is 474 g/mol. The van der Waals surface area contributed by atoms with E-state index in [1.807, 2.05) is 43.5 Å². The largest absolute Gasteiger partial charge is 0.495 e. The lowest BCUT2D eigenvalue weighted by molar-refractivity contribution is 0.417. The summed E-state index contributed by atoms with van der Waals surface area (Å²) in [6, 6.07) is 14.5. The summed E-state index contributed by atoms with van der Waals surface area (Å²) in [5.74, 6) is 0.741. The van der Waals surface area contributed by atoms with Crippen molar-refractivity contribution in [3.05, 3.63) is 53.9 Å². The molecule has 0 bridgehead atoms. The third kappa shape index (κ3) is 5.16. The standard InChI is InChI=1S/C20H23N3O3S2.BrH/c1-4-23(5-2)28(24,25)16-12-10-15(11-13-16)18-14-27-20(22-18)21-17-8-6-7-9-19(17)26-3;/h6-14H,4-5H2,1-3H3,(H,21,22);1H. The number of hydrogen-bond acceptors (Lipinski definition) is 6. The Morgan fingerprint density at radius 1 is 1.07 bits per heavy atom. The fourth-order valence-corrected chi connectivity index (χ4v) is 5.03. The minimum absolute atomic E-state index is 0. The molecule has 9 heteroatoms. The fraction of sp³-hybridized carbons (Fsp3) is 0.250. The number of halogens is 1. The summed E-state index contributed by atoms with van der Waals surface area (Å²) in [4.78, 5) is 4.90. The zero-order valence-electron chi connectivity index (χ0n) is 16.5. The number of sulfonamides is 1. The van der Waals surface area contributed by atoms with Crippen molar-refractivity contribution >= 4 is 49.2 Å². The molecule has 0 unspecified atom stereocenters. The molecule has 1 N–H and O–H groups in total. The van der Waals surface area contributed by atoms with Crippen molar-refractivity contribution in [1.82, 2.24) is 9.29 Å². The molecule has 0 aliphatic heterocycles. The van der Waals surface area contributed by atoms with Gasteiger partial charge in [0.05, 0.1) is 23.4 Å². The van der Waals surface area contributed by atoms with Crippen LogP contribution in [0.25, 0.3) is 11.3 Å². The van der Waals surface area contributed by atoms with E-state index in [0.29, 0.717) is 18.0 Å². The maximum atomic E-state index is 12.6. The highest BCUT2D eigenvalue weighted by Crippen LogP contribution is 2.31. The van der Waals surface area contributed by atoms with Crippen molar-refractivity contribution in [2.75, 3.05) is 25.5 Å². The maximum absolute atomic E-state index is 12.6. The molecule has 3 aromatic rings. The number of ether oxygens (including phenoxy) is 1. The van der Waals surface area contributed by atoms with Crippen LogP contribution < -0.4 is 10.1 Å². The van der Waals surface area contributed by atoms with Gasteiger partial charge < -0.3 is 10.1 Å². The molecule has 0 aliphatic carbocycles. The van der Waals surface area contributed by atoms with Crippen LogP contribution in [0.5, 0.6) is 5.75 Å². The average molecular weight is 498 g/mol. The number of rotatable bonds is 8. The van der Waals surface area contributed by atoms with E-state index in [9.17, 15) is 8.42 Å². The summed E-state index contributed by atoms with van der Waals surface area (Å²) in [6.45, 7) is 4.57. The number of thiazole rings is 1. The Morgan fingerprint density at radius 2 is 1.72 bits per heavy atom. The molecule has 0 saturated heterocycles. The van der Waals surface area contributed by atoms with Crippen LogP contribution in [0.4, 0.5) is 10.8 Å². The Hall–Kier alpha value is -1.94. The summed E-state index contributed by atoms with van der Waals surface area (Å²) < 4.78 is 32.0. The Morgan fingerprint density at radius 3 is 2.34 bits per heavy atom. The van der Waals surface area contributed by atoms with Gasteiger partial charge in [0.2, 0.25) is 10.0 Å². The van der Waals surface area contributed by atoms with Crippen molar-refractivity contribution in [2.24, 2.45) is 0 Å². The first-order valence-electron chi connectivity index (χ1n) is 8.95. The van der Waals surface area contributed by atoms with Crippen LogP contribution in [0.15, 0.2) is 58.8 Å². The summed E-state index contributed by atoms with van der Waals surface area (Å²) in [7, 11) is -1.83. The quantitative estimate of drug-likeness (QED) is 0.464. The highest BCUT2D eigenvalue weighted by molar-refractivity contribution is 8.93. The van der Waals surface area contributed by atoms with E-state index in [4.69, 9.17) is 4.74 Å². The van der Waals surface area contributed by atoms with Gasteiger partial charge in [-0.2, -0.15) is 4.31 Å². The molecule has 6 nitrogen and oxygen atoms in total. The van der Waals surface area contributed by atoms with Crippen molar-refractivity contribution in [2.45, 2.75) is 18.7 Å². The second-order valence-corrected chi connectivity index (χ2v) is 8.77. The fourth-order valence-electron chi connectivity index (χ4n) is 2.84. The smallest absolute Gasteiger partial charge is 0.243 e. The van der Waals surface area contributed by atoms with Gasteiger partial charge in [0.25, 0.3) is 0 Å². The van der Waals surface area contributed by atoms with E-state index in [1.165, 1.54) is 15.6 Å². The number of aromatic nitrogens is 1. The molecule has 0 amide bonds. The Labute approximate surface area is 186 Å². The van der Waals surface area contributed by atoms with Gasteiger partial charge in [-0.05, 0) is 24.3 Å². The normalized spacial score (nSPS) is 11.2. The van der Waals surface area contributed by atoms with Gasteiger partial charge in [0.15, 0.2) is 5.13 Å². The van der Waals surface area contributed by atoms with Crippen LogP contribution in [-0.4, -0.2) is 37.9 Å². The molecule has 0 spiro atoms. The molecule has 0 aliphatic rings. The molecule has 0 radical (unpaired) electrons. The summed E-state index contributed by atoms with van der Waals surface area (Å²) in [6.07, 6.45) is 0. The van der Waals surface area contributed by atoms with Gasteiger partial charge in [0.1, 0.15) is 5.75 Å². The molecule has 0 atom stereocenters. The zero-order valence-corrected chi connectivity index (χ0v) is 19.8. The summed E-state index contributed by atoms with van der Waals surface area (Å²) >= 11 is 1.48. The van der Waals surface area contributed by atoms with Gasteiger partial charge in [-0.15, -0.1) is 28.3 Å². The molecule has 1 aromatic heterocycles. The third-order valence-corrected chi connectivity index (χ3v) is 7.17. The second kappa shape index (κ2) is 10.2.